The third kappa shape index (κ3) is 3.76. The molecule has 0 spiro atoms. The van der Waals surface area contributed by atoms with Crippen LogP contribution in [0.4, 0.5) is 11.4 Å². The van der Waals surface area contributed by atoms with Crippen molar-refractivity contribution in [3.63, 3.8) is 0 Å². The molecule has 3 aromatic carbocycles. The van der Waals surface area contributed by atoms with Gasteiger partial charge in [0.1, 0.15) is 6.67 Å². The molecule has 0 unspecified atom stereocenters. The highest BCUT2D eigenvalue weighted by atomic mass is 15.7. The molecule has 0 amide bonds. The van der Waals surface area contributed by atoms with Crippen LogP contribution in [0.5, 0.6) is 0 Å². The van der Waals surface area contributed by atoms with Crippen molar-refractivity contribution in [2.24, 2.45) is 5.10 Å². The highest BCUT2D eigenvalue weighted by Crippen LogP contribution is 2.23. The van der Waals surface area contributed by atoms with E-state index in [-0.39, 0.29) is 0 Å². The molecule has 0 saturated carbocycles. The van der Waals surface area contributed by atoms with Gasteiger partial charge < -0.3 is 0 Å². The molecule has 0 saturated heterocycles. The first kappa shape index (κ1) is 17.9. The van der Waals surface area contributed by atoms with Crippen LogP contribution >= 0.6 is 0 Å². The Morgan fingerprint density at radius 2 is 1.36 bits per heavy atom. The molecule has 0 aliphatic carbocycles. The summed E-state index contributed by atoms with van der Waals surface area (Å²) in [5.74, 6) is 0.698. The van der Waals surface area contributed by atoms with Crippen LogP contribution in [-0.4, -0.2) is 12.5 Å². The average Bonchev–Trinajstić information content (AvgIpc) is 2.79. The second-order valence-electron chi connectivity index (χ2n) is 6.68. The van der Waals surface area contributed by atoms with E-state index in [1.807, 2.05) is 46.4 Å². The summed E-state index contributed by atoms with van der Waals surface area (Å²) >= 11 is 0. The number of allylic oxidation sites excluding steroid dienone is 2. The van der Waals surface area contributed by atoms with Gasteiger partial charge in [0, 0.05) is 5.56 Å². The average molecular weight is 367 g/mol. The first-order valence-electron chi connectivity index (χ1n) is 9.44. The minimum atomic E-state index is 0.563. The normalized spacial score (nSPS) is 14.5. The minimum absolute atomic E-state index is 0.563. The molecular formula is C24H23N4. The van der Waals surface area contributed by atoms with Crippen molar-refractivity contribution in [2.75, 3.05) is 16.7 Å². The van der Waals surface area contributed by atoms with Gasteiger partial charge in [-0.25, -0.2) is 10.0 Å². The molecule has 3 aromatic rings. The topological polar surface area (TPSA) is 32.9 Å². The highest BCUT2D eigenvalue weighted by molar-refractivity contribution is 6.00. The SMILES string of the molecule is C/C=C(/C)c1ccc(C2=NN(c3ccccc3)CN(c3ccccc3)[N]2)cc1. The maximum absolute atomic E-state index is 4.82. The Morgan fingerprint density at radius 1 is 0.786 bits per heavy atom. The van der Waals surface area contributed by atoms with Crippen LogP contribution in [0.2, 0.25) is 0 Å². The molecule has 0 aromatic heterocycles. The largest absolute Gasteiger partial charge is 0.242 e. The number of hydrogen-bond donors (Lipinski definition) is 0. The van der Waals surface area contributed by atoms with Gasteiger partial charge in [0.15, 0.2) is 5.84 Å². The van der Waals surface area contributed by atoms with Crippen LogP contribution in [0.1, 0.15) is 25.0 Å². The molecule has 0 N–H and O–H groups in total. The van der Waals surface area contributed by atoms with Crippen molar-refractivity contribution in [1.29, 1.82) is 0 Å². The van der Waals surface area contributed by atoms with E-state index in [0.29, 0.717) is 12.5 Å². The molecule has 0 fully saturated rings. The maximum atomic E-state index is 4.82. The zero-order chi connectivity index (χ0) is 19.3. The third-order valence-corrected chi connectivity index (χ3v) is 4.84. The summed E-state index contributed by atoms with van der Waals surface area (Å²) in [6.07, 6.45) is 2.12. The van der Waals surface area contributed by atoms with Crippen molar-refractivity contribution in [1.82, 2.24) is 5.43 Å². The quantitative estimate of drug-likeness (QED) is 0.629. The number of para-hydroxylation sites is 2. The van der Waals surface area contributed by atoms with E-state index in [1.54, 1.807) is 0 Å². The Balaban J connectivity index is 1.70. The van der Waals surface area contributed by atoms with Crippen LogP contribution in [0.15, 0.2) is 96.1 Å². The molecule has 28 heavy (non-hydrogen) atoms. The Hall–Kier alpha value is -3.53. The lowest BCUT2D eigenvalue weighted by molar-refractivity contribution is 0.671. The zero-order valence-corrected chi connectivity index (χ0v) is 16.2. The van der Waals surface area contributed by atoms with Gasteiger partial charge in [-0.3, -0.25) is 0 Å². The summed E-state index contributed by atoms with van der Waals surface area (Å²) in [5, 5.41) is 8.79. The van der Waals surface area contributed by atoms with Crippen LogP contribution in [0.25, 0.3) is 5.57 Å². The van der Waals surface area contributed by atoms with Crippen LogP contribution in [-0.2, 0) is 0 Å². The van der Waals surface area contributed by atoms with Crippen LogP contribution < -0.4 is 15.4 Å². The number of benzene rings is 3. The monoisotopic (exact) mass is 367 g/mol. The van der Waals surface area contributed by atoms with Crippen molar-refractivity contribution in [3.05, 3.63) is 102 Å². The summed E-state index contributed by atoms with van der Waals surface area (Å²) in [6, 6.07) is 28.8. The number of anilines is 2. The predicted octanol–water partition coefficient (Wildman–Crippen LogP) is 5.28. The van der Waals surface area contributed by atoms with Crippen LogP contribution in [0.3, 0.4) is 0 Å². The second-order valence-corrected chi connectivity index (χ2v) is 6.68. The highest BCUT2D eigenvalue weighted by Gasteiger charge is 2.23. The molecule has 1 heterocycles. The standard InChI is InChI=1S/C24H23N4/c1-3-19(2)20-14-16-21(17-15-20)24-25-27(22-10-6-4-7-11-22)18-28(26-24)23-12-8-5-9-13-23/h3-17H,18H2,1-2H3/b19-3-. The van der Waals surface area contributed by atoms with Crippen molar-refractivity contribution >= 4 is 22.8 Å². The number of rotatable bonds is 4. The molecule has 1 aliphatic heterocycles. The van der Waals surface area contributed by atoms with Gasteiger partial charge in [-0.1, -0.05) is 66.7 Å². The smallest absolute Gasteiger partial charge is 0.199 e. The van der Waals surface area contributed by atoms with E-state index >= 15 is 0 Å². The van der Waals surface area contributed by atoms with Crippen molar-refractivity contribution in [2.45, 2.75) is 13.8 Å². The zero-order valence-electron chi connectivity index (χ0n) is 16.2. The molecule has 4 heteroatoms. The maximum Gasteiger partial charge on any atom is 0.199 e. The minimum Gasteiger partial charge on any atom is -0.242 e. The van der Waals surface area contributed by atoms with Crippen molar-refractivity contribution < 1.29 is 0 Å². The number of amidine groups is 1. The first-order chi connectivity index (χ1) is 13.7. The van der Waals surface area contributed by atoms with E-state index in [2.05, 4.69) is 68.5 Å². The molecule has 4 rings (SSSR count). The Kier molecular flexibility index (Phi) is 5.11. The van der Waals surface area contributed by atoms with Crippen LogP contribution in [0, 0.1) is 0 Å². The van der Waals surface area contributed by atoms with Gasteiger partial charge in [-0.2, -0.15) is 0 Å². The van der Waals surface area contributed by atoms with Gasteiger partial charge in [0.25, 0.3) is 0 Å². The molecule has 1 radical (unpaired) electrons. The van der Waals surface area contributed by atoms with E-state index in [4.69, 9.17) is 10.5 Å². The van der Waals surface area contributed by atoms with Gasteiger partial charge in [0.2, 0.25) is 0 Å². The van der Waals surface area contributed by atoms with E-state index in [9.17, 15) is 0 Å². The predicted molar refractivity (Wildman–Crippen MR) is 117 cm³/mol. The van der Waals surface area contributed by atoms with Gasteiger partial charge in [-0.15, -0.1) is 10.5 Å². The number of nitrogens with zero attached hydrogens (tertiary/aromatic N) is 4. The fourth-order valence-electron chi connectivity index (χ4n) is 3.08. The van der Waals surface area contributed by atoms with Crippen molar-refractivity contribution in [3.8, 4) is 0 Å². The second kappa shape index (κ2) is 8.01. The lowest BCUT2D eigenvalue weighted by Crippen LogP contribution is -2.48. The summed E-state index contributed by atoms with van der Waals surface area (Å²) in [7, 11) is 0. The fraction of sp³-hybridized carbons (Fsp3) is 0.125. The summed E-state index contributed by atoms with van der Waals surface area (Å²) in [4.78, 5) is 0. The van der Waals surface area contributed by atoms with Gasteiger partial charge >= 0.3 is 0 Å². The molecule has 0 bridgehead atoms. The first-order valence-corrected chi connectivity index (χ1v) is 9.44. The lowest BCUT2D eigenvalue weighted by Gasteiger charge is -2.34. The molecular weight excluding hydrogens is 344 g/mol. The summed E-state index contributed by atoms with van der Waals surface area (Å²) in [6.45, 7) is 4.73. The van der Waals surface area contributed by atoms with E-state index in [1.165, 1.54) is 11.1 Å². The Bertz CT molecular complexity index is 976. The van der Waals surface area contributed by atoms with Gasteiger partial charge in [-0.05, 0) is 49.2 Å². The van der Waals surface area contributed by atoms with E-state index in [0.717, 1.165) is 16.9 Å². The number of hydrogen-bond acceptors (Lipinski definition) is 3. The Labute approximate surface area is 166 Å². The molecule has 1 aliphatic rings. The van der Waals surface area contributed by atoms with E-state index < -0.39 is 0 Å². The Morgan fingerprint density at radius 3 is 1.93 bits per heavy atom. The van der Waals surface area contributed by atoms with Gasteiger partial charge in [0.05, 0.1) is 11.4 Å². The molecule has 139 valence electrons. The summed E-state index contributed by atoms with van der Waals surface area (Å²) in [5.41, 5.74) is 10.4. The fourth-order valence-corrected chi connectivity index (χ4v) is 3.08. The number of hydrazone groups is 1. The third-order valence-electron chi connectivity index (χ3n) is 4.84. The molecule has 4 nitrogen and oxygen atoms in total. The summed E-state index contributed by atoms with van der Waals surface area (Å²) < 4.78 is 0. The lowest BCUT2D eigenvalue weighted by atomic mass is 10.0. The molecule has 0 atom stereocenters.